The molecule has 0 aromatic heterocycles. The molecule has 0 aromatic carbocycles. The molecule has 0 nitrogen and oxygen atoms in total. The summed E-state index contributed by atoms with van der Waals surface area (Å²) in [5, 5.41) is 0. The van der Waals surface area contributed by atoms with Crippen LogP contribution in [0, 0.1) is 5.92 Å². The van der Waals surface area contributed by atoms with Gasteiger partial charge < -0.3 is 0 Å². The van der Waals surface area contributed by atoms with Crippen LogP contribution in [-0.2, 0) is 0 Å². The molecule has 0 bridgehead atoms. The Morgan fingerprint density at radius 2 is 2.27 bits per heavy atom. The molecule has 64 valence electrons. The molecule has 0 heteroatoms. The van der Waals surface area contributed by atoms with Crippen LogP contribution < -0.4 is 0 Å². The molecule has 1 aliphatic rings. The van der Waals surface area contributed by atoms with Gasteiger partial charge in [-0.05, 0) is 38.5 Å². The lowest BCUT2D eigenvalue weighted by atomic mass is 9.97. The number of rotatable bonds is 2. The van der Waals surface area contributed by atoms with Gasteiger partial charge in [-0.2, -0.15) is 0 Å². The summed E-state index contributed by atoms with van der Waals surface area (Å²) in [6.45, 7) is 6.96. The first kappa shape index (κ1) is 8.83. The number of hydrogen-bond donors (Lipinski definition) is 0. The minimum atomic E-state index is 0.890. The van der Waals surface area contributed by atoms with Crippen LogP contribution in [0.4, 0.5) is 0 Å². The standard InChI is InChI=1S/C11H20/c1-4-6-9(2)11-8-5-7-10(11)3/h10H,4-8H2,1-3H3. The van der Waals surface area contributed by atoms with Crippen molar-refractivity contribution in [3.63, 3.8) is 0 Å². The molecule has 1 atom stereocenters. The number of hydrogen-bond acceptors (Lipinski definition) is 0. The zero-order chi connectivity index (χ0) is 8.27. The minimum Gasteiger partial charge on any atom is -0.0739 e. The summed E-state index contributed by atoms with van der Waals surface area (Å²) < 4.78 is 0. The van der Waals surface area contributed by atoms with Crippen molar-refractivity contribution in [2.45, 2.75) is 52.9 Å². The van der Waals surface area contributed by atoms with E-state index in [1.54, 1.807) is 11.1 Å². The van der Waals surface area contributed by atoms with Gasteiger partial charge in [0.05, 0.1) is 0 Å². The summed E-state index contributed by atoms with van der Waals surface area (Å²) in [6.07, 6.45) is 6.86. The van der Waals surface area contributed by atoms with Gasteiger partial charge in [-0.15, -0.1) is 0 Å². The third-order valence-electron chi connectivity index (χ3n) is 2.85. The Labute approximate surface area is 70.7 Å². The highest BCUT2D eigenvalue weighted by molar-refractivity contribution is 5.17. The van der Waals surface area contributed by atoms with Crippen LogP contribution >= 0.6 is 0 Å². The summed E-state index contributed by atoms with van der Waals surface area (Å²) >= 11 is 0. The van der Waals surface area contributed by atoms with Crippen molar-refractivity contribution in [3.8, 4) is 0 Å². The molecule has 0 spiro atoms. The van der Waals surface area contributed by atoms with E-state index in [-0.39, 0.29) is 0 Å². The smallest absolute Gasteiger partial charge is 0.0229 e. The van der Waals surface area contributed by atoms with Crippen LogP contribution in [0.1, 0.15) is 52.9 Å². The molecule has 1 fully saturated rings. The largest absolute Gasteiger partial charge is 0.0739 e. The fraction of sp³-hybridized carbons (Fsp3) is 0.818. The Balaban J connectivity index is 2.60. The molecule has 0 heterocycles. The van der Waals surface area contributed by atoms with Crippen molar-refractivity contribution in [2.24, 2.45) is 5.92 Å². The van der Waals surface area contributed by atoms with Gasteiger partial charge in [0.15, 0.2) is 0 Å². The van der Waals surface area contributed by atoms with Gasteiger partial charge in [0, 0.05) is 0 Å². The van der Waals surface area contributed by atoms with Crippen molar-refractivity contribution in [1.29, 1.82) is 0 Å². The van der Waals surface area contributed by atoms with Gasteiger partial charge >= 0.3 is 0 Å². The summed E-state index contributed by atoms with van der Waals surface area (Å²) in [5.74, 6) is 0.890. The second kappa shape index (κ2) is 3.94. The van der Waals surface area contributed by atoms with Crippen LogP contribution in [0.25, 0.3) is 0 Å². The third kappa shape index (κ3) is 2.08. The highest BCUT2D eigenvalue weighted by atomic mass is 14.2. The Morgan fingerprint density at radius 1 is 1.55 bits per heavy atom. The zero-order valence-electron chi connectivity index (χ0n) is 8.11. The van der Waals surface area contributed by atoms with E-state index in [1.165, 1.54) is 32.1 Å². The summed E-state index contributed by atoms with van der Waals surface area (Å²) in [4.78, 5) is 0. The first-order valence-corrected chi connectivity index (χ1v) is 4.94. The zero-order valence-corrected chi connectivity index (χ0v) is 8.11. The first-order valence-electron chi connectivity index (χ1n) is 4.94. The van der Waals surface area contributed by atoms with Crippen molar-refractivity contribution in [1.82, 2.24) is 0 Å². The fourth-order valence-corrected chi connectivity index (χ4v) is 2.19. The second-order valence-corrected chi connectivity index (χ2v) is 3.85. The highest BCUT2D eigenvalue weighted by Crippen LogP contribution is 2.33. The monoisotopic (exact) mass is 152 g/mol. The lowest BCUT2D eigenvalue weighted by Crippen LogP contribution is -1.92. The van der Waals surface area contributed by atoms with E-state index in [4.69, 9.17) is 0 Å². The molecule has 1 saturated carbocycles. The minimum absolute atomic E-state index is 0.890. The molecule has 11 heavy (non-hydrogen) atoms. The Hall–Kier alpha value is -0.260. The van der Waals surface area contributed by atoms with Crippen LogP contribution in [0.5, 0.6) is 0 Å². The van der Waals surface area contributed by atoms with Gasteiger partial charge in [0.25, 0.3) is 0 Å². The molecule has 1 rings (SSSR count). The van der Waals surface area contributed by atoms with Gasteiger partial charge in [0.1, 0.15) is 0 Å². The average Bonchev–Trinajstić information content (AvgIpc) is 2.36. The molecule has 0 amide bonds. The molecule has 0 N–H and O–H groups in total. The third-order valence-corrected chi connectivity index (χ3v) is 2.85. The van der Waals surface area contributed by atoms with E-state index >= 15 is 0 Å². The molecular formula is C11H20. The van der Waals surface area contributed by atoms with Crippen LogP contribution in [0.15, 0.2) is 11.1 Å². The molecule has 0 radical (unpaired) electrons. The molecule has 1 aliphatic carbocycles. The highest BCUT2D eigenvalue weighted by Gasteiger charge is 2.17. The summed E-state index contributed by atoms with van der Waals surface area (Å²) in [7, 11) is 0. The molecule has 0 aromatic rings. The van der Waals surface area contributed by atoms with E-state index in [2.05, 4.69) is 20.8 Å². The van der Waals surface area contributed by atoms with Crippen molar-refractivity contribution in [3.05, 3.63) is 11.1 Å². The van der Waals surface area contributed by atoms with E-state index in [1.807, 2.05) is 0 Å². The Kier molecular flexibility index (Phi) is 3.16. The predicted octanol–water partition coefficient (Wildman–Crippen LogP) is 3.92. The first-order chi connectivity index (χ1) is 5.25. The average molecular weight is 152 g/mol. The van der Waals surface area contributed by atoms with Crippen LogP contribution in [0.3, 0.4) is 0 Å². The van der Waals surface area contributed by atoms with Gasteiger partial charge in [-0.1, -0.05) is 31.4 Å². The Morgan fingerprint density at radius 3 is 2.73 bits per heavy atom. The van der Waals surface area contributed by atoms with Crippen LogP contribution in [0.2, 0.25) is 0 Å². The summed E-state index contributed by atoms with van der Waals surface area (Å²) in [6, 6.07) is 0. The van der Waals surface area contributed by atoms with E-state index in [9.17, 15) is 0 Å². The maximum Gasteiger partial charge on any atom is -0.0229 e. The molecular weight excluding hydrogens is 132 g/mol. The quantitative estimate of drug-likeness (QED) is 0.526. The van der Waals surface area contributed by atoms with E-state index < -0.39 is 0 Å². The topological polar surface area (TPSA) is 0 Å². The molecule has 1 unspecified atom stereocenters. The van der Waals surface area contributed by atoms with E-state index in [0.717, 1.165) is 5.92 Å². The van der Waals surface area contributed by atoms with E-state index in [0.29, 0.717) is 0 Å². The predicted molar refractivity (Wildman–Crippen MR) is 50.6 cm³/mol. The normalized spacial score (nSPS) is 29.2. The SMILES string of the molecule is CCCC(C)=C1CCCC1C. The maximum absolute atomic E-state index is 2.38. The number of allylic oxidation sites excluding steroid dienone is 2. The molecule has 0 saturated heterocycles. The van der Waals surface area contributed by atoms with Crippen molar-refractivity contribution in [2.75, 3.05) is 0 Å². The Bertz CT molecular complexity index is 153. The van der Waals surface area contributed by atoms with Crippen molar-refractivity contribution < 1.29 is 0 Å². The molecule has 0 aliphatic heterocycles. The van der Waals surface area contributed by atoms with Crippen LogP contribution in [-0.4, -0.2) is 0 Å². The lowest BCUT2D eigenvalue weighted by molar-refractivity contribution is 0.686. The van der Waals surface area contributed by atoms with Gasteiger partial charge in [-0.25, -0.2) is 0 Å². The second-order valence-electron chi connectivity index (χ2n) is 3.85. The fourth-order valence-electron chi connectivity index (χ4n) is 2.19. The van der Waals surface area contributed by atoms with Gasteiger partial charge in [0.2, 0.25) is 0 Å². The lowest BCUT2D eigenvalue weighted by Gasteiger charge is -2.09. The van der Waals surface area contributed by atoms with Crippen molar-refractivity contribution >= 4 is 0 Å². The summed E-state index contributed by atoms with van der Waals surface area (Å²) in [5.41, 5.74) is 3.45. The van der Waals surface area contributed by atoms with Gasteiger partial charge in [-0.3, -0.25) is 0 Å². The maximum atomic E-state index is 2.38.